The molecule has 0 bridgehead atoms. The summed E-state index contributed by atoms with van der Waals surface area (Å²) in [6.07, 6.45) is 0. The zero-order chi connectivity index (χ0) is 8.43. The third kappa shape index (κ3) is 1.37. The number of carbonyl (C=O) groups excluding carboxylic acids is 1. The average molecular weight is 168 g/mol. The summed E-state index contributed by atoms with van der Waals surface area (Å²) in [7, 11) is 6.53. The SMILES string of the molecule is [B]c1csc(C(=O)OC)c1O. The van der Waals surface area contributed by atoms with Crippen LogP contribution in [0.2, 0.25) is 0 Å². The van der Waals surface area contributed by atoms with E-state index in [9.17, 15) is 4.79 Å². The minimum absolute atomic E-state index is 0.144. The zero-order valence-electron chi connectivity index (χ0n) is 5.83. The van der Waals surface area contributed by atoms with Crippen LogP contribution in [0, 0.1) is 0 Å². The van der Waals surface area contributed by atoms with Crippen LogP contribution in [0.15, 0.2) is 5.38 Å². The molecule has 0 spiro atoms. The van der Waals surface area contributed by atoms with Crippen LogP contribution < -0.4 is 5.46 Å². The van der Waals surface area contributed by atoms with Crippen molar-refractivity contribution >= 4 is 30.6 Å². The van der Waals surface area contributed by atoms with Gasteiger partial charge in [-0.25, -0.2) is 4.79 Å². The second-order valence-electron chi connectivity index (χ2n) is 1.86. The van der Waals surface area contributed by atoms with Gasteiger partial charge in [0, 0.05) is 0 Å². The van der Waals surface area contributed by atoms with E-state index in [-0.39, 0.29) is 16.1 Å². The smallest absolute Gasteiger partial charge is 0.351 e. The Morgan fingerprint density at radius 3 is 2.82 bits per heavy atom. The fourth-order valence-corrected chi connectivity index (χ4v) is 1.37. The molecule has 0 unspecified atom stereocenters. The fourth-order valence-electron chi connectivity index (χ4n) is 0.603. The highest BCUT2D eigenvalue weighted by molar-refractivity contribution is 7.13. The van der Waals surface area contributed by atoms with Gasteiger partial charge in [0.15, 0.2) is 4.88 Å². The Morgan fingerprint density at radius 1 is 1.82 bits per heavy atom. The van der Waals surface area contributed by atoms with Crippen molar-refractivity contribution in [1.82, 2.24) is 0 Å². The predicted octanol–water partition coefficient (Wildman–Crippen LogP) is 0.0341. The molecule has 0 aliphatic carbocycles. The van der Waals surface area contributed by atoms with E-state index in [1.165, 1.54) is 12.5 Å². The van der Waals surface area contributed by atoms with Crippen LogP contribution in [0.25, 0.3) is 0 Å². The second-order valence-corrected chi connectivity index (χ2v) is 2.74. The van der Waals surface area contributed by atoms with Crippen molar-refractivity contribution < 1.29 is 14.6 Å². The molecule has 0 fully saturated rings. The Bertz CT molecular complexity index is 281. The average Bonchev–Trinajstić information content (AvgIpc) is 2.32. The molecule has 0 atom stereocenters. The molecule has 0 saturated carbocycles. The minimum atomic E-state index is -0.566. The van der Waals surface area contributed by atoms with Gasteiger partial charge in [0.2, 0.25) is 0 Å². The summed E-state index contributed by atoms with van der Waals surface area (Å²) in [5, 5.41) is 10.6. The summed E-state index contributed by atoms with van der Waals surface area (Å²) < 4.78 is 4.39. The van der Waals surface area contributed by atoms with E-state index < -0.39 is 5.97 Å². The number of methoxy groups -OCH3 is 1. The molecule has 56 valence electrons. The van der Waals surface area contributed by atoms with E-state index in [1.807, 2.05) is 0 Å². The molecular weight excluding hydrogens is 163 g/mol. The molecule has 0 amide bonds. The van der Waals surface area contributed by atoms with Crippen LogP contribution >= 0.6 is 11.3 Å². The van der Waals surface area contributed by atoms with Gasteiger partial charge in [0.25, 0.3) is 0 Å². The molecule has 0 aliphatic heterocycles. The molecule has 1 aromatic rings. The monoisotopic (exact) mass is 168 g/mol. The summed E-state index contributed by atoms with van der Waals surface area (Å²) >= 11 is 1.06. The van der Waals surface area contributed by atoms with Crippen molar-refractivity contribution in [3.8, 4) is 5.75 Å². The number of ether oxygens (including phenoxy) is 1. The molecule has 11 heavy (non-hydrogen) atoms. The first-order valence-electron chi connectivity index (χ1n) is 2.81. The van der Waals surface area contributed by atoms with Gasteiger partial charge in [-0.05, 0) is 10.8 Å². The van der Waals surface area contributed by atoms with Gasteiger partial charge in [-0.15, -0.1) is 11.3 Å². The van der Waals surface area contributed by atoms with Crippen LogP contribution in [-0.4, -0.2) is 26.0 Å². The van der Waals surface area contributed by atoms with E-state index in [2.05, 4.69) is 4.74 Å². The Balaban J connectivity index is 3.04. The zero-order valence-corrected chi connectivity index (χ0v) is 6.64. The van der Waals surface area contributed by atoms with Crippen molar-refractivity contribution in [2.24, 2.45) is 0 Å². The maximum atomic E-state index is 10.8. The van der Waals surface area contributed by atoms with Crippen LogP contribution in [-0.2, 0) is 4.74 Å². The van der Waals surface area contributed by atoms with Crippen LogP contribution in [0.1, 0.15) is 9.67 Å². The number of rotatable bonds is 1. The predicted molar refractivity (Wildman–Crippen MR) is 42.7 cm³/mol. The summed E-state index contributed by atoms with van der Waals surface area (Å²) in [4.78, 5) is 11.0. The highest BCUT2D eigenvalue weighted by Crippen LogP contribution is 2.20. The third-order valence-corrected chi connectivity index (χ3v) is 2.13. The van der Waals surface area contributed by atoms with Gasteiger partial charge in [0.1, 0.15) is 13.6 Å². The molecule has 1 heterocycles. The lowest BCUT2D eigenvalue weighted by Crippen LogP contribution is -2.02. The lowest BCUT2D eigenvalue weighted by atomic mass is 9.99. The topological polar surface area (TPSA) is 46.5 Å². The van der Waals surface area contributed by atoms with Gasteiger partial charge in [-0.1, -0.05) is 0 Å². The molecule has 5 heteroatoms. The normalized spacial score (nSPS) is 9.55. The Hall–Kier alpha value is -0.965. The Morgan fingerprint density at radius 2 is 2.45 bits per heavy atom. The van der Waals surface area contributed by atoms with Gasteiger partial charge in [-0.2, -0.15) is 0 Å². The van der Waals surface area contributed by atoms with Crippen molar-refractivity contribution in [3.63, 3.8) is 0 Å². The van der Waals surface area contributed by atoms with E-state index in [0.29, 0.717) is 0 Å². The molecule has 3 nitrogen and oxygen atoms in total. The van der Waals surface area contributed by atoms with Gasteiger partial charge in [0.05, 0.1) is 7.11 Å². The molecule has 2 radical (unpaired) electrons. The maximum Gasteiger partial charge on any atom is 0.351 e. The molecule has 0 aromatic carbocycles. The van der Waals surface area contributed by atoms with Crippen molar-refractivity contribution in [3.05, 3.63) is 10.3 Å². The number of hydrogen-bond acceptors (Lipinski definition) is 4. The standard InChI is InChI=1S/C6H5BO3S/c1-10-6(9)5-4(8)3(7)2-11-5/h2,8H,1H3. The van der Waals surface area contributed by atoms with Crippen LogP contribution in [0.3, 0.4) is 0 Å². The van der Waals surface area contributed by atoms with E-state index in [1.54, 1.807) is 0 Å². The number of thiophene rings is 1. The Labute approximate surface area is 69.0 Å². The highest BCUT2D eigenvalue weighted by Gasteiger charge is 2.14. The van der Waals surface area contributed by atoms with E-state index in [4.69, 9.17) is 13.0 Å². The van der Waals surface area contributed by atoms with Crippen molar-refractivity contribution in [2.75, 3.05) is 7.11 Å². The molecule has 0 saturated heterocycles. The summed E-state index contributed by atoms with van der Waals surface area (Å²) in [5.74, 6) is -0.758. The minimum Gasteiger partial charge on any atom is -0.507 e. The first-order valence-corrected chi connectivity index (χ1v) is 3.69. The second kappa shape index (κ2) is 2.96. The van der Waals surface area contributed by atoms with Gasteiger partial charge < -0.3 is 9.84 Å². The summed E-state index contributed by atoms with van der Waals surface area (Å²) in [6, 6.07) is 0. The van der Waals surface area contributed by atoms with Gasteiger partial charge in [-0.3, -0.25) is 0 Å². The van der Waals surface area contributed by atoms with Gasteiger partial charge >= 0.3 is 5.97 Å². The number of carbonyl (C=O) groups is 1. The fraction of sp³-hybridized carbons (Fsp3) is 0.167. The molecule has 1 N–H and O–H groups in total. The largest absolute Gasteiger partial charge is 0.507 e. The lowest BCUT2D eigenvalue weighted by molar-refractivity contribution is 0.0603. The number of hydrogen-bond donors (Lipinski definition) is 1. The highest BCUT2D eigenvalue weighted by atomic mass is 32.1. The van der Waals surface area contributed by atoms with Crippen LogP contribution in [0.5, 0.6) is 5.75 Å². The molecular formula is C6H5BO3S. The maximum absolute atomic E-state index is 10.8. The number of esters is 1. The number of aromatic hydroxyl groups is 1. The quantitative estimate of drug-likeness (QED) is 0.475. The summed E-state index contributed by atoms with van der Waals surface area (Å²) in [5.41, 5.74) is 0.204. The first kappa shape index (κ1) is 8.13. The van der Waals surface area contributed by atoms with Crippen molar-refractivity contribution in [2.45, 2.75) is 0 Å². The summed E-state index contributed by atoms with van der Waals surface area (Å²) in [6.45, 7) is 0. The third-order valence-electron chi connectivity index (χ3n) is 1.16. The van der Waals surface area contributed by atoms with E-state index in [0.717, 1.165) is 11.3 Å². The lowest BCUT2D eigenvalue weighted by Gasteiger charge is -1.95. The first-order chi connectivity index (χ1) is 5.16. The van der Waals surface area contributed by atoms with Crippen LogP contribution in [0.4, 0.5) is 0 Å². The van der Waals surface area contributed by atoms with Crippen molar-refractivity contribution in [1.29, 1.82) is 0 Å². The molecule has 0 aliphatic rings. The Kier molecular flexibility index (Phi) is 2.19. The molecule has 1 aromatic heterocycles. The van der Waals surface area contributed by atoms with E-state index >= 15 is 0 Å². The molecule has 1 rings (SSSR count).